The highest BCUT2D eigenvalue weighted by Gasteiger charge is 2.21. The smallest absolute Gasteiger partial charge is 0.140 e. The summed E-state index contributed by atoms with van der Waals surface area (Å²) in [5.74, 6) is 0.671. The number of Topliss-reactive ketones (excluding diaryl/α,β-unsaturated/α-hetero) is 1. The van der Waals surface area contributed by atoms with Crippen LogP contribution in [0.2, 0.25) is 0 Å². The van der Waals surface area contributed by atoms with Crippen molar-refractivity contribution in [1.82, 2.24) is 0 Å². The van der Waals surface area contributed by atoms with Crippen molar-refractivity contribution in [2.75, 3.05) is 5.75 Å². The number of benzene rings is 2. The normalized spacial score (nSPS) is 13.2. The Morgan fingerprint density at radius 1 is 0.923 bits per heavy atom. The highest BCUT2D eigenvalue weighted by Crippen LogP contribution is 2.38. The zero-order valence-electron chi connectivity index (χ0n) is 16.3. The molecule has 2 nitrogen and oxygen atoms in total. The van der Waals surface area contributed by atoms with E-state index in [1.165, 1.54) is 22.3 Å². The molecule has 0 saturated heterocycles. The highest BCUT2D eigenvalue weighted by atomic mass is 32.2. The van der Waals surface area contributed by atoms with Crippen molar-refractivity contribution in [3.63, 3.8) is 0 Å². The zero-order chi connectivity index (χ0) is 19.1. The average Bonchev–Trinajstić information content (AvgIpc) is 3.07. The van der Waals surface area contributed by atoms with Crippen LogP contribution < -0.4 is 0 Å². The number of hydrogen-bond donors (Lipinski definition) is 0. The fourth-order valence-corrected chi connectivity index (χ4v) is 3.45. The maximum Gasteiger partial charge on any atom is 0.140 e. The molecule has 0 saturated carbocycles. The van der Waals surface area contributed by atoms with Gasteiger partial charge in [0.1, 0.15) is 5.78 Å². The fraction of sp³-hybridized carbons (Fsp3) is 0.304. The fourth-order valence-electron chi connectivity index (χ4n) is 2.68. The van der Waals surface area contributed by atoms with Gasteiger partial charge >= 0.3 is 0 Å². The first-order chi connectivity index (χ1) is 12.5. The van der Waals surface area contributed by atoms with Gasteiger partial charge in [0, 0.05) is 12.0 Å². The molecule has 0 aromatic heterocycles. The minimum Gasteiger partial charge on any atom is -0.299 e. The second-order valence-corrected chi connectivity index (χ2v) is 7.28. The van der Waals surface area contributed by atoms with Gasteiger partial charge in [-0.3, -0.25) is 4.79 Å². The van der Waals surface area contributed by atoms with Crippen LogP contribution in [-0.2, 0) is 4.79 Å². The predicted octanol–water partition coefficient (Wildman–Crippen LogP) is 6.32. The van der Waals surface area contributed by atoms with E-state index < -0.39 is 0 Å². The van der Waals surface area contributed by atoms with Crippen LogP contribution in [0.3, 0.4) is 0 Å². The van der Waals surface area contributed by atoms with Crippen LogP contribution in [0.5, 0.6) is 0 Å². The molecule has 1 heterocycles. The van der Waals surface area contributed by atoms with Gasteiger partial charge in [0.05, 0.1) is 16.5 Å². The van der Waals surface area contributed by atoms with Crippen LogP contribution in [0, 0.1) is 13.8 Å². The number of thioether (sulfide) groups is 1. The number of rotatable bonds is 4. The Morgan fingerprint density at radius 2 is 1.42 bits per heavy atom. The molecule has 2 aromatic rings. The Bertz CT molecular complexity index is 814. The maximum absolute atomic E-state index is 11.3. The minimum absolute atomic E-state index is 0.184. The Kier molecular flexibility index (Phi) is 7.40. The van der Waals surface area contributed by atoms with Crippen molar-refractivity contribution in [3.8, 4) is 0 Å². The largest absolute Gasteiger partial charge is 0.299 e. The van der Waals surface area contributed by atoms with Gasteiger partial charge in [0.25, 0.3) is 0 Å². The molecule has 1 aliphatic heterocycles. The lowest BCUT2D eigenvalue weighted by molar-refractivity contribution is -0.114. The number of allylic oxidation sites excluding steroid dienone is 1. The van der Waals surface area contributed by atoms with Crippen LogP contribution in [0.1, 0.15) is 49.4 Å². The van der Waals surface area contributed by atoms with Gasteiger partial charge in [0.2, 0.25) is 0 Å². The standard InChI is InChI=1S/C21H21NOS.C2H6/c1-14-4-8-17(9-5-14)19-12-20(24-13-16(3)23)22-21(19)18-10-6-15(2)7-11-18;1-2/h4-11H,12-13H2,1-3H3;1-2H3. The third-order valence-electron chi connectivity index (χ3n) is 4.02. The Balaban J connectivity index is 0.00000117. The van der Waals surface area contributed by atoms with E-state index >= 15 is 0 Å². The molecule has 0 amide bonds. The quantitative estimate of drug-likeness (QED) is 0.634. The molecule has 2 aromatic carbocycles. The first kappa shape index (κ1) is 20.2. The summed E-state index contributed by atoms with van der Waals surface area (Å²) in [5.41, 5.74) is 7.11. The summed E-state index contributed by atoms with van der Waals surface area (Å²) < 4.78 is 0. The van der Waals surface area contributed by atoms with Crippen molar-refractivity contribution in [2.24, 2.45) is 4.99 Å². The molecule has 0 bridgehead atoms. The van der Waals surface area contributed by atoms with Crippen molar-refractivity contribution in [1.29, 1.82) is 0 Å². The highest BCUT2D eigenvalue weighted by molar-refractivity contribution is 8.14. The summed E-state index contributed by atoms with van der Waals surface area (Å²) in [5, 5.41) is 1.02. The van der Waals surface area contributed by atoms with Gasteiger partial charge in [-0.05, 0) is 31.9 Å². The van der Waals surface area contributed by atoms with E-state index in [9.17, 15) is 4.79 Å². The van der Waals surface area contributed by atoms with Crippen molar-refractivity contribution in [3.05, 3.63) is 70.8 Å². The number of hydrogen-bond acceptors (Lipinski definition) is 3. The second-order valence-electron chi connectivity index (χ2n) is 6.23. The molecule has 3 heteroatoms. The first-order valence-electron chi connectivity index (χ1n) is 9.10. The third kappa shape index (κ3) is 5.18. The van der Waals surface area contributed by atoms with Gasteiger partial charge in [-0.1, -0.05) is 73.5 Å². The minimum atomic E-state index is 0.184. The van der Waals surface area contributed by atoms with Crippen molar-refractivity contribution >= 4 is 33.9 Å². The number of aliphatic imine (C=N–C) groups is 1. The van der Waals surface area contributed by atoms with E-state index in [4.69, 9.17) is 4.99 Å². The number of aryl methyl sites for hydroxylation is 2. The number of carbonyl (C=O) groups is 1. The van der Waals surface area contributed by atoms with Crippen LogP contribution in [0.4, 0.5) is 0 Å². The lowest BCUT2D eigenvalue weighted by Gasteiger charge is -2.07. The molecule has 0 radical (unpaired) electrons. The third-order valence-corrected chi connectivity index (χ3v) is 5.14. The molecule has 26 heavy (non-hydrogen) atoms. The molecule has 3 rings (SSSR count). The van der Waals surface area contributed by atoms with E-state index in [0.717, 1.165) is 22.7 Å². The van der Waals surface area contributed by atoms with Crippen LogP contribution in [0.15, 0.2) is 53.5 Å². The summed E-state index contributed by atoms with van der Waals surface area (Å²) in [4.78, 5) is 16.1. The van der Waals surface area contributed by atoms with Gasteiger partial charge in [-0.25, -0.2) is 4.99 Å². The van der Waals surface area contributed by atoms with E-state index in [-0.39, 0.29) is 5.78 Å². The van der Waals surface area contributed by atoms with Crippen molar-refractivity contribution in [2.45, 2.75) is 41.0 Å². The maximum atomic E-state index is 11.3. The molecular weight excluding hydrogens is 338 g/mol. The van der Waals surface area contributed by atoms with Gasteiger partial charge < -0.3 is 0 Å². The summed E-state index contributed by atoms with van der Waals surface area (Å²) in [6.45, 7) is 9.81. The first-order valence-corrected chi connectivity index (χ1v) is 10.1. The van der Waals surface area contributed by atoms with Crippen LogP contribution >= 0.6 is 11.8 Å². The zero-order valence-corrected chi connectivity index (χ0v) is 17.1. The van der Waals surface area contributed by atoms with Crippen LogP contribution in [-0.4, -0.2) is 16.6 Å². The Labute approximate surface area is 161 Å². The Hall–Kier alpha value is -2.13. The lowest BCUT2D eigenvalue weighted by atomic mass is 9.98. The molecule has 0 N–H and O–H groups in total. The SMILES string of the molecule is CC.CC(=O)CSC1=NC(c2ccc(C)cc2)=C(c2ccc(C)cc2)C1. The van der Waals surface area contributed by atoms with Gasteiger partial charge in [0.15, 0.2) is 0 Å². The average molecular weight is 366 g/mol. The molecule has 0 spiro atoms. The molecule has 136 valence electrons. The number of ketones is 1. The summed E-state index contributed by atoms with van der Waals surface area (Å²) in [7, 11) is 0. The van der Waals surface area contributed by atoms with E-state index in [0.29, 0.717) is 5.75 Å². The second kappa shape index (κ2) is 9.54. The molecule has 1 aliphatic rings. The van der Waals surface area contributed by atoms with E-state index in [1.54, 1.807) is 18.7 Å². The topological polar surface area (TPSA) is 29.4 Å². The molecule has 0 atom stereocenters. The lowest BCUT2D eigenvalue weighted by Crippen LogP contribution is -1.98. The monoisotopic (exact) mass is 365 g/mol. The number of nitrogens with zero attached hydrogens (tertiary/aromatic N) is 1. The molecular formula is C23H27NOS. The predicted molar refractivity (Wildman–Crippen MR) is 116 cm³/mol. The molecule has 0 aliphatic carbocycles. The molecule has 0 unspecified atom stereocenters. The van der Waals surface area contributed by atoms with Gasteiger partial charge in [-0.2, -0.15) is 0 Å². The summed E-state index contributed by atoms with van der Waals surface area (Å²) in [6, 6.07) is 17.1. The number of carbonyl (C=O) groups excluding carboxylic acids is 1. The van der Waals surface area contributed by atoms with Gasteiger partial charge in [-0.15, -0.1) is 11.8 Å². The summed E-state index contributed by atoms with van der Waals surface area (Å²) >= 11 is 1.55. The molecule has 0 fully saturated rings. The van der Waals surface area contributed by atoms with Crippen molar-refractivity contribution < 1.29 is 4.79 Å². The Morgan fingerprint density at radius 3 is 1.92 bits per heavy atom. The summed E-state index contributed by atoms with van der Waals surface area (Å²) in [6.07, 6.45) is 0.796. The van der Waals surface area contributed by atoms with Crippen LogP contribution in [0.25, 0.3) is 11.3 Å². The van der Waals surface area contributed by atoms with E-state index in [1.807, 2.05) is 13.8 Å². The van der Waals surface area contributed by atoms with E-state index in [2.05, 4.69) is 62.4 Å².